The second-order valence-electron chi connectivity index (χ2n) is 10.7. The topological polar surface area (TPSA) is 138 Å². The molecule has 2 heterocycles. The summed E-state index contributed by atoms with van der Waals surface area (Å²) in [4.78, 5) is 56.8. The fourth-order valence-corrected chi connectivity index (χ4v) is 5.25. The number of amides is 3. The molecular weight excluding hydrogens is 520 g/mol. The maximum atomic E-state index is 13.6. The van der Waals surface area contributed by atoms with Crippen LogP contribution in [0.4, 0.5) is 0 Å². The summed E-state index contributed by atoms with van der Waals surface area (Å²) in [5.41, 5.74) is 4.26. The average Bonchev–Trinajstić information content (AvgIpc) is 3.54. The molecule has 0 bridgehead atoms. The molecule has 2 atom stereocenters. The van der Waals surface area contributed by atoms with Crippen molar-refractivity contribution in [2.45, 2.75) is 72.0 Å². The summed E-state index contributed by atoms with van der Waals surface area (Å²) >= 11 is 1.59. The van der Waals surface area contributed by atoms with E-state index in [2.05, 4.69) is 15.6 Å². The molecule has 1 aromatic heterocycles. The molecule has 1 aliphatic heterocycles. The van der Waals surface area contributed by atoms with Gasteiger partial charge in [0.05, 0.1) is 35.7 Å². The molecule has 39 heavy (non-hydrogen) atoms. The van der Waals surface area contributed by atoms with Gasteiger partial charge in [-0.2, -0.15) is 0 Å². The largest absolute Gasteiger partial charge is 0.481 e. The lowest BCUT2D eigenvalue weighted by molar-refractivity contribution is -0.144. The van der Waals surface area contributed by atoms with E-state index in [4.69, 9.17) is 9.84 Å². The molecule has 1 aliphatic rings. The van der Waals surface area contributed by atoms with Gasteiger partial charge in [0.25, 0.3) is 0 Å². The highest BCUT2D eigenvalue weighted by atomic mass is 32.1. The van der Waals surface area contributed by atoms with Gasteiger partial charge in [0, 0.05) is 19.5 Å². The van der Waals surface area contributed by atoms with Gasteiger partial charge in [0.1, 0.15) is 12.1 Å². The number of ether oxygens (including phenoxy) is 1. The summed E-state index contributed by atoms with van der Waals surface area (Å²) in [5.74, 6) is -1.84. The lowest BCUT2D eigenvalue weighted by atomic mass is 9.85. The van der Waals surface area contributed by atoms with Crippen LogP contribution >= 0.6 is 11.3 Å². The van der Waals surface area contributed by atoms with Crippen molar-refractivity contribution in [3.8, 4) is 10.4 Å². The first-order chi connectivity index (χ1) is 18.5. The summed E-state index contributed by atoms with van der Waals surface area (Å²) in [5, 5.41) is 14.4. The van der Waals surface area contributed by atoms with Gasteiger partial charge in [-0.1, -0.05) is 45.0 Å². The van der Waals surface area contributed by atoms with Crippen LogP contribution in [-0.2, 0) is 30.5 Å². The van der Waals surface area contributed by atoms with Crippen molar-refractivity contribution in [3.05, 3.63) is 41.0 Å². The Labute approximate surface area is 233 Å². The Balaban J connectivity index is 1.56. The second-order valence-corrected chi connectivity index (χ2v) is 11.6. The van der Waals surface area contributed by atoms with Crippen LogP contribution in [-0.4, -0.2) is 70.5 Å². The first-order valence-corrected chi connectivity index (χ1v) is 14.0. The number of aromatic nitrogens is 1. The van der Waals surface area contributed by atoms with Crippen molar-refractivity contribution in [1.82, 2.24) is 20.5 Å². The first kappa shape index (κ1) is 30.2. The number of aryl methyl sites for hydroxylation is 1. The van der Waals surface area contributed by atoms with E-state index >= 15 is 0 Å². The minimum absolute atomic E-state index is 0.00471. The first-order valence-electron chi connectivity index (χ1n) is 13.1. The molecule has 1 aromatic carbocycles. The van der Waals surface area contributed by atoms with E-state index in [1.165, 1.54) is 0 Å². The number of rotatable bonds is 12. The fraction of sp³-hybridized carbons (Fsp3) is 0.536. The smallest absolute Gasteiger partial charge is 0.305 e. The lowest BCUT2D eigenvalue weighted by Crippen LogP contribution is -2.57. The number of aliphatic carboxylic acids is 1. The minimum Gasteiger partial charge on any atom is -0.481 e. The van der Waals surface area contributed by atoms with E-state index in [0.29, 0.717) is 25.9 Å². The Morgan fingerprint density at radius 1 is 1.15 bits per heavy atom. The minimum atomic E-state index is -0.970. The third-order valence-electron chi connectivity index (χ3n) is 6.62. The molecule has 11 heteroatoms. The summed E-state index contributed by atoms with van der Waals surface area (Å²) in [7, 11) is 0. The molecule has 1 fully saturated rings. The zero-order valence-corrected chi connectivity index (χ0v) is 23.8. The van der Waals surface area contributed by atoms with Gasteiger partial charge in [-0.15, -0.1) is 11.3 Å². The van der Waals surface area contributed by atoms with Crippen molar-refractivity contribution in [2.24, 2.45) is 5.41 Å². The highest BCUT2D eigenvalue weighted by molar-refractivity contribution is 7.13. The number of benzene rings is 1. The van der Waals surface area contributed by atoms with Crippen LogP contribution < -0.4 is 10.6 Å². The van der Waals surface area contributed by atoms with Crippen LogP contribution in [0.5, 0.6) is 0 Å². The van der Waals surface area contributed by atoms with Crippen LogP contribution in [0.1, 0.15) is 57.7 Å². The van der Waals surface area contributed by atoms with Gasteiger partial charge in [0.15, 0.2) is 0 Å². The van der Waals surface area contributed by atoms with E-state index in [9.17, 15) is 19.2 Å². The van der Waals surface area contributed by atoms with Crippen molar-refractivity contribution in [2.75, 3.05) is 19.8 Å². The molecule has 3 N–H and O–H groups in total. The third-order valence-corrected chi connectivity index (χ3v) is 7.60. The van der Waals surface area contributed by atoms with E-state index in [1.807, 2.05) is 57.5 Å². The average molecular weight is 559 g/mol. The number of carboxylic acids is 1. The summed E-state index contributed by atoms with van der Waals surface area (Å²) in [6, 6.07) is 6.56. The molecule has 2 aromatic rings. The maximum Gasteiger partial charge on any atom is 0.305 e. The van der Waals surface area contributed by atoms with Gasteiger partial charge in [-0.05, 0) is 36.3 Å². The van der Waals surface area contributed by atoms with Crippen LogP contribution in [0, 0.1) is 12.3 Å². The van der Waals surface area contributed by atoms with Crippen molar-refractivity contribution in [1.29, 1.82) is 0 Å². The molecule has 10 nitrogen and oxygen atoms in total. The zero-order valence-electron chi connectivity index (χ0n) is 23.0. The van der Waals surface area contributed by atoms with E-state index in [0.717, 1.165) is 21.7 Å². The Bertz CT molecular complexity index is 1160. The Morgan fingerprint density at radius 3 is 2.46 bits per heavy atom. The predicted molar refractivity (Wildman–Crippen MR) is 148 cm³/mol. The maximum absolute atomic E-state index is 13.6. The molecule has 1 saturated heterocycles. The Kier molecular flexibility index (Phi) is 10.6. The Morgan fingerprint density at radius 2 is 1.85 bits per heavy atom. The van der Waals surface area contributed by atoms with Crippen molar-refractivity contribution < 1.29 is 29.0 Å². The number of carbonyl (C=O) groups excluding carboxylic acids is 3. The van der Waals surface area contributed by atoms with Crippen LogP contribution in [0.15, 0.2) is 29.8 Å². The monoisotopic (exact) mass is 558 g/mol. The molecule has 0 spiro atoms. The Hall–Kier alpha value is -3.31. The highest BCUT2D eigenvalue weighted by Gasteiger charge is 2.41. The number of nitrogens with zero attached hydrogens (tertiary/aromatic N) is 2. The van der Waals surface area contributed by atoms with Crippen LogP contribution in [0.3, 0.4) is 0 Å². The zero-order chi connectivity index (χ0) is 28.6. The van der Waals surface area contributed by atoms with E-state index in [1.54, 1.807) is 16.2 Å². The standard InChI is InChI=1S/C28H38N4O6S/c1-18-24(39-17-30-18)20-9-7-19(8-10-20)16-29-26(36)21-6-5-13-32(21)27(37)25(28(2,3)4)31-22(33)11-14-38-15-12-23(34)35/h7-10,17,21,25H,5-6,11-16H2,1-4H3,(H,29,36)(H,31,33)(H,34,35)/t21?,25-/m1/s1. The lowest BCUT2D eigenvalue weighted by Gasteiger charge is -2.35. The number of thiazole rings is 1. The van der Waals surface area contributed by atoms with Crippen molar-refractivity contribution >= 4 is 35.0 Å². The van der Waals surface area contributed by atoms with E-state index in [-0.39, 0.29) is 43.8 Å². The predicted octanol–water partition coefficient (Wildman–Crippen LogP) is 3.14. The number of carbonyl (C=O) groups is 4. The second kappa shape index (κ2) is 13.7. The van der Waals surface area contributed by atoms with Gasteiger partial charge in [0.2, 0.25) is 17.7 Å². The van der Waals surface area contributed by atoms with Gasteiger partial charge >= 0.3 is 5.97 Å². The molecule has 3 rings (SSSR count). The molecule has 212 valence electrons. The van der Waals surface area contributed by atoms with Crippen LogP contribution in [0.25, 0.3) is 10.4 Å². The number of likely N-dealkylation sites (tertiary alicyclic amines) is 1. The van der Waals surface area contributed by atoms with E-state index < -0.39 is 23.5 Å². The van der Waals surface area contributed by atoms with Crippen molar-refractivity contribution in [3.63, 3.8) is 0 Å². The third kappa shape index (κ3) is 8.59. The molecule has 0 aliphatic carbocycles. The quantitative estimate of drug-likeness (QED) is 0.340. The summed E-state index contributed by atoms with van der Waals surface area (Å²) in [6.45, 7) is 8.44. The molecule has 0 saturated carbocycles. The summed E-state index contributed by atoms with van der Waals surface area (Å²) < 4.78 is 5.19. The SMILES string of the molecule is Cc1ncsc1-c1ccc(CNC(=O)C2CCCN2C(=O)[C@@H](NC(=O)CCOCCC(=O)O)C(C)(C)C)cc1. The number of nitrogens with one attached hydrogen (secondary N) is 2. The molecule has 3 amide bonds. The molecular formula is C28H38N4O6S. The number of carboxylic acid groups (broad SMARTS) is 1. The normalized spacial score (nSPS) is 16.1. The number of hydrogen-bond acceptors (Lipinski definition) is 7. The van der Waals surface area contributed by atoms with Gasteiger partial charge in [-0.3, -0.25) is 19.2 Å². The highest BCUT2D eigenvalue weighted by Crippen LogP contribution is 2.28. The molecule has 1 unspecified atom stereocenters. The number of hydrogen-bond donors (Lipinski definition) is 3. The summed E-state index contributed by atoms with van der Waals surface area (Å²) in [6.07, 6.45) is 1.13. The van der Waals surface area contributed by atoms with Gasteiger partial charge < -0.3 is 25.4 Å². The van der Waals surface area contributed by atoms with Gasteiger partial charge in [-0.25, -0.2) is 4.98 Å². The fourth-order valence-electron chi connectivity index (χ4n) is 4.44. The van der Waals surface area contributed by atoms with Crippen LogP contribution in [0.2, 0.25) is 0 Å². The molecule has 0 radical (unpaired) electrons.